The lowest BCUT2D eigenvalue weighted by Crippen LogP contribution is -2.13. The second kappa shape index (κ2) is 4.46. The Hall–Kier alpha value is -1.80. The monoisotopic (exact) mass is 275 g/mol. The predicted octanol–water partition coefficient (Wildman–Crippen LogP) is 4.23. The fourth-order valence-corrected chi connectivity index (χ4v) is 1.14. The molecule has 0 saturated carbocycles. The molecule has 0 spiro atoms. The van der Waals surface area contributed by atoms with Gasteiger partial charge < -0.3 is 0 Å². The van der Waals surface area contributed by atoms with Gasteiger partial charge in [0.25, 0.3) is 0 Å². The number of hydrogen-bond acceptors (Lipinski definition) is 1. The number of hydrogen-bond donors (Lipinski definition) is 1. The highest BCUT2D eigenvalue weighted by atomic mass is 19.4. The van der Waals surface area contributed by atoms with E-state index >= 15 is 0 Å². The highest BCUT2D eigenvalue weighted by Gasteiger charge is 2.37. The molecule has 0 radical (unpaired) electrons. The molecular formula is C9H4F7NO. The predicted molar refractivity (Wildman–Crippen MR) is 46.6 cm³/mol. The van der Waals surface area contributed by atoms with E-state index in [0.717, 1.165) is 0 Å². The van der Waals surface area contributed by atoms with Crippen molar-refractivity contribution in [3.8, 4) is 0 Å². The quantitative estimate of drug-likeness (QED) is 0.464. The molecule has 0 aliphatic heterocycles. The Morgan fingerprint density at radius 3 is 1.56 bits per heavy atom. The molecule has 0 aliphatic rings. The van der Waals surface area contributed by atoms with E-state index in [9.17, 15) is 35.5 Å². The summed E-state index contributed by atoms with van der Waals surface area (Å²) in [7, 11) is 0. The second-order valence-electron chi connectivity index (χ2n) is 3.19. The molecular weight excluding hydrogens is 271 g/mol. The van der Waals surface area contributed by atoms with Crippen LogP contribution in [-0.4, -0.2) is 6.16 Å². The van der Waals surface area contributed by atoms with Crippen LogP contribution in [0.3, 0.4) is 0 Å². The minimum Gasteiger partial charge on any atom is -0.298 e. The van der Waals surface area contributed by atoms with E-state index in [2.05, 4.69) is 0 Å². The molecule has 1 rings (SSSR count). The Morgan fingerprint density at radius 1 is 0.889 bits per heavy atom. The summed E-state index contributed by atoms with van der Waals surface area (Å²) in [6.07, 6.45) is -12.4. The first-order chi connectivity index (χ1) is 8.00. The van der Waals surface area contributed by atoms with Crippen LogP contribution in [-0.2, 0) is 12.4 Å². The largest absolute Gasteiger partial charge is 0.416 e. The van der Waals surface area contributed by atoms with Gasteiger partial charge in [-0.15, -0.1) is 4.39 Å². The molecule has 18 heavy (non-hydrogen) atoms. The number of anilines is 1. The number of nitrogens with one attached hydrogen (secondary N) is 1. The van der Waals surface area contributed by atoms with Crippen LogP contribution in [0.25, 0.3) is 0 Å². The third kappa shape index (κ3) is 3.60. The highest BCUT2D eigenvalue weighted by molar-refractivity contribution is 5.83. The summed E-state index contributed by atoms with van der Waals surface area (Å²) in [4.78, 5) is 9.99. The number of halogens is 7. The summed E-state index contributed by atoms with van der Waals surface area (Å²) in [5.41, 5.74) is -4.20. The number of rotatable bonds is 1. The fourth-order valence-electron chi connectivity index (χ4n) is 1.14. The van der Waals surface area contributed by atoms with Crippen molar-refractivity contribution < 1.29 is 35.5 Å². The number of alkyl halides is 6. The molecule has 1 aromatic rings. The van der Waals surface area contributed by atoms with Crippen molar-refractivity contribution in [3.63, 3.8) is 0 Å². The maximum atomic E-state index is 12.3. The Kier molecular flexibility index (Phi) is 3.54. The first kappa shape index (κ1) is 14.3. The summed E-state index contributed by atoms with van der Waals surface area (Å²) >= 11 is 0. The van der Waals surface area contributed by atoms with Gasteiger partial charge in [0, 0.05) is 5.69 Å². The first-order valence-electron chi connectivity index (χ1n) is 4.26. The van der Waals surface area contributed by atoms with Gasteiger partial charge >= 0.3 is 18.5 Å². The van der Waals surface area contributed by atoms with Crippen molar-refractivity contribution in [2.75, 3.05) is 5.32 Å². The van der Waals surface area contributed by atoms with Gasteiger partial charge in [-0.3, -0.25) is 5.32 Å². The van der Waals surface area contributed by atoms with E-state index in [1.165, 1.54) is 5.32 Å². The van der Waals surface area contributed by atoms with Gasteiger partial charge in [-0.1, -0.05) is 0 Å². The van der Waals surface area contributed by atoms with Gasteiger partial charge in [0.1, 0.15) is 0 Å². The lowest BCUT2D eigenvalue weighted by molar-refractivity contribution is -0.143. The number of amides is 1. The summed E-state index contributed by atoms with van der Waals surface area (Å²) in [6, 6.07) is 0.271. The van der Waals surface area contributed by atoms with Crippen LogP contribution in [0.4, 0.5) is 41.2 Å². The molecule has 0 unspecified atom stereocenters. The van der Waals surface area contributed by atoms with Gasteiger partial charge in [0.05, 0.1) is 11.1 Å². The second-order valence-corrected chi connectivity index (χ2v) is 3.19. The van der Waals surface area contributed by atoms with Crippen molar-refractivity contribution in [1.29, 1.82) is 0 Å². The van der Waals surface area contributed by atoms with Crippen LogP contribution in [0.1, 0.15) is 11.1 Å². The molecule has 1 amide bonds. The van der Waals surface area contributed by atoms with E-state index in [1.807, 2.05) is 0 Å². The zero-order valence-electron chi connectivity index (χ0n) is 8.29. The standard InChI is InChI=1S/C9H4F7NO/c10-7(18)17-6-2-4(8(11,12)13)1-5(3-6)9(14,15)16/h1-3H,(H,17,18). The molecule has 0 aromatic heterocycles. The molecule has 0 bridgehead atoms. The smallest absolute Gasteiger partial charge is 0.298 e. The third-order valence-corrected chi connectivity index (χ3v) is 1.83. The molecule has 0 fully saturated rings. The van der Waals surface area contributed by atoms with Crippen molar-refractivity contribution in [1.82, 2.24) is 0 Å². The van der Waals surface area contributed by atoms with Crippen LogP contribution in [0.5, 0.6) is 0 Å². The van der Waals surface area contributed by atoms with Gasteiger partial charge in [-0.05, 0) is 18.2 Å². The minimum atomic E-state index is -5.04. The normalized spacial score (nSPS) is 12.4. The highest BCUT2D eigenvalue weighted by Crippen LogP contribution is 2.37. The first-order valence-corrected chi connectivity index (χ1v) is 4.26. The third-order valence-electron chi connectivity index (χ3n) is 1.83. The zero-order valence-corrected chi connectivity index (χ0v) is 8.29. The van der Waals surface area contributed by atoms with E-state index in [0.29, 0.717) is 0 Å². The molecule has 0 heterocycles. The maximum Gasteiger partial charge on any atom is 0.416 e. The summed E-state index contributed by atoms with van der Waals surface area (Å²) in [5, 5.41) is 1.22. The molecule has 0 atom stereocenters. The van der Waals surface area contributed by atoms with Gasteiger partial charge in [0.15, 0.2) is 0 Å². The van der Waals surface area contributed by atoms with Crippen LogP contribution < -0.4 is 5.32 Å². The number of benzene rings is 1. The van der Waals surface area contributed by atoms with Gasteiger partial charge in [-0.2, -0.15) is 26.3 Å². The molecule has 2 nitrogen and oxygen atoms in total. The zero-order chi connectivity index (χ0) is 14.1. The van der Waals surface area contributed by atoms with Crippen molar-refractivity contribution >= 4 is 11.8 Å². The van der Waals surface area contributed by atoms with E-state index in [4.69, 9.17) is 0 Å². The fraction of sp³-hybridized carbons (Fsp3) is 0.222. The lowest BCUT2D eigenvalue weighted by atomic mass is 10.1. The Labute approximate surface area is 95.4 Å². The Balaban J connectivity index is 3.34. The number of carbonyl (C=O) groups excluding carboxylic acids is 1. The average Bonchev–Trinajstić information content (AvgIpc) is 2.13. The topological polar surface area (TPSA) is 29.1 Å². The molecule has 0 saturated heterocycles. The van der Waals surface area contributed by atoms with Crippen LogP contribution >= 0.6 is 0 Å². The molecule has 0 aliphatic carbocycles. The Bertz CT molecular complexity index is 431. The van der Waals surface area contributed by atoms with Crippen LogP contribution in [0, 0.1) is 0 Å². The summed E-state index contributed by atoms with van der Waals surface area (Å²) in [6.45, 7) is 0. The van der Waals surface area contributed by atoms with Crippen LogP contribution in [0.15, 0.2) is 18.2 Å². The Morgan fingerprint density at radius 2 is 1.28 bits per heavy atom. The van der Waals surface area contributed by atoms with Crippen molar-refractivity contribution in [3.05, 3.63) is 29.3 Å². The molecule has 1 N–H and O–H groups in total. The van der Waals surface area contributed by atoms with Crippen molar-refractivity contribution in [2.45, 2.75) is 12.4 Å². The molecule has 1 aromatic carbocycles. The molecule has 9 heteroatoms. The van der Waals surface area contributed by atoms with Crippen LogP contribution in [0.2, 0.25) is 0 Å². The van der Waals surface area contributed by atoms with E-state index < -0.39 is 35.3 Å². The number of carbonyl (C=O) groups is 1. The van der Waals surface area contributed by atoms with Gasteiger partial charge in [0.2, 0.25) is 0 Å². The molecule has 100 valence electrons. The minimum absolute atomic E-state index is 0.131. The van der Waals surface area contributed by atoms with Crippen molar-refractivity contribution in [2.24, 2.45) is 0 Å². The summed E-state index contributed by atoms with van der Waals surface area (Å²) < 4.78 is 85.7. The van der Waals surface area contributed by atoms with Gasteiger partial charge in [-0.25, -0.2) is 4.79 Å². The average molecular weight is 275 g/mol. The summed E-state index contributed by atoms with van der Waals surface area (Å²) in [5.74, 6) is 0. The maximum absolute atomic E-state index is 12.3. The SMILES string of the molecule is O=C(F)Nc1cc(C(F)(F)F)cc(C(F)(F)F)c1. The lowest BCUT2D eigenvalue weighted by Gasteiger charge is -2.13. The van der Waals surface area contributed by atoms with E-state index in [1.54, 1.807) is 0 Å². The van der Waals surface area contributed by atoms with E-state index in [-0.39, 0.29) is 18.2 Å².